The molecule has 17 heavy (non-hydrogen) atoms. The zero-order valence-electron chi connectivity index (χ0n) is 9.92. The van der Waals surface area contributed by atoms with Crippen molar-refractivity contribution in [2.45, 2.75) is 19.5 Å². The predicted octanol–water partition coefficient (Wildman–Crippen LogP) is 3.10. The molecule has 1 atom stereocenters. The highest BCUT2D eigenvalue weighted by atomic mass is 35.5. The van der Waals surface area contributed by atoms with Crippen LogP contribution < -0.4 is 4.74 Å². The van der Waals surface area contributed by atoms with E-state index in [4.69, 9.17) is 16.3 Å². The molecular weight excluding hydrogens is 247 g/mol. The summed E-state index contributed by atoms with van der Waals surface area (Å²) in [6.45, 7) is 3.41. The molecule has 0 aliphatic rings. The molecule has 0 bridgehead atoms. The molecule has 1 rings (SSSR count). The Morgan fingerprint density at radius 3 is 2.65 bits per heavy atom. The molecule has 3 nitrogen and oxygen atoms in total. The van der Waals surface area contributed by atoms with E-state index in [1.807, 2.05) is 6.92 Å². The van der Waals surface area contributed by atoms with Crippen molar-refractivity contribution in [3.63, 3.8) is 0 Å². The number of ether oxygens (including phenoxy) is 2. The van der Waals surface area contributed by atoms with Gasteiger partial charge in [0, 0.05) is 5.56 Å². The SMILES string of the molecule is CCOc1ccc(C(C)(F)C(=O)OC)cc1Cl. The molecule has 0 fully saturated rings. The van der Waals surface area contributed by atoms with Crippen molar-refractivity contribution in [3.05, 3.63) is 28.8 Å². The highest BCUT2D eigenvalue weighted by molar-refractivity contribution is 6.32. The molecule has 0 N–H and O–H groups in total. The molecule has 0 amide bonds. The van der Waals surface area contributed by atoms with Crippen molar-refractivity contribution in [1.82, 2.24) is 0 Å². The van der Waals surface area contributed by atoms with Gasteiger partial charge in [-0.05, 0) is 26.0 Å². The first-order chi connectivity index (χ1) is 7.93. The number of benzene rings is 1. The summed E-state index contributed by atoms with van der Waals surface area (Å²) in [6, 6.07) is 4.35. The lowest BCUT2D eigenvalue weighted by Gasteiger charge is -2.18. The first-order valence-electron chi connectivity index (χ1n) is 5.13. The molecule has 0 heterocycles. The molecule has 5 heteroatoms. The van der Waals surface area contributed by atoms with E-state index in [2.05, 4.69) is 4.74 Å². The van der Waals surface area contributed by atoms with Gasteiger partial charge < -0.3 is 9.47 Å². The normalized spacial score (nSPS) is 13.9. The van der Waals surface area contributed by atoms with Gasteiger partial charge in [-0.15, -0.1) is 0 Å². The van der Waals surface area contributed by atoms with Crippen molar-refractivity contribution in [1.29, 1.82) is 0 Å². The summed E-state index contributed by atoms with van der Waals surface area (Å²) >= 11 is 5.92. The van der Waals surface area contributed by atoms with E-state index in [9.17, 15) is 9.18 Å². The molecule has 0 aliphatic carbocycles. The van der Waals surface area contributed by atoms with Crippen LogP contribution in [-0.2, 0) is 15.2 Å². The molecule has 1 unspecified atom stereocenters. The first-order valence-corrected chi connectivity index (χ1v) is 5.51. The minimum absolute atomic E-state index is 0.137. The standard InChI is InChI=1S/C12H14ClFO3/c1-4-17-10-6-5-8(7-9(10)13)12(2,14)11(15)16-3/h5-7H,4H2,1-3H3. The maximum Gasteiger partial charge on any atom is 0.348 e. The zero-order chi connectivity index (χ0) is 13.1. The Hall–Kier alpha value is -1.29. The van der Waals surface area contributed by atoms with Crippen LogP contribution in [0.1, 0.15) is 19.4 Å². The third-order valence-electron chi connectivity index (χ3n) is 2.34. The van der Waals surface area contributed by atoms with Crippen LogP contribution in [0.3, 0.4) is 0 Å². The smallest absolute Gasteiger partial charge is 0.348 e. The van der Waals surface area contributed by atoms with Gasteiger partial charge in [0.15, 0.2) is 0 Å². The Kier molecular flexibility index (Phi) is 4.34. The van der Waals surface area contributed by atoms with Crippen LogP contribution in [0.2, 0.25) is 5.02 Å². The van der Waals surface area contributed by atoms with Crippen LogP contribution in [0.5, 0.6) is 5.75 Å². The second-order valence-electron chi connectivity index (χ2n) is 3.57. The number of hydrogen-bond acceptors (Lipinski definition) is 3. The lowest BCUT2D eigenvalue weighted by atomic mass is 9.98. The molecule has 0 aliphatic heterocycles. The Balaban J connectivity index is 3.08. The number of methoxy groups -OCH3 is 1. The third-order valence-corrected chi connectivity index (χ3v) is 2.64. The largest absolute Gasteiger partial charge is 0.492 e. The van der Waals surface area contributed by atoms with E-state index in [1.54, 1.807) is 0 Å². The molecular formula is C12H14ClFO3. The van der Waals surface area contributed by atoms with Gasteiger partial charge in [-0.25, -0.2) is 9.18 Å². The molecule has 0 spiro atoms. The van der Waals surface area contributed by atoms with E-state index >= 15 is 0 Å². The van der Waals surface area contributed by atoms with Gasteiger partial charge in [0.2, 0.25) is 5.67 Å². The van der Waals surface area contributed by atoms with Crippen LogP contribution in [-0.4, -0.2) is 19.7 Å². The monoisotopic (exact) mass is 260 g/mol. The highest BCUT2D eigenvalue weighted by Crippen LogP contribution is 2.33. The maximum atomic E-state index is 14.1. The average Bonchev–Trinajstić information content (AvgIpc) is 2.30. The molecule has 0 radical (unpaired) electrons. The number of carbonyl (C=O) groups excluding carboxylic acids is 1. The Morgan fingerprint density at radius 1 is 1.53 bits per heavy atom. The van der Waals surface area contributed by atoms with Crippen LogP contribution in [0.4, 0.5) is 4.39 Å². The summed E-state index contributed by atoms with van der Waals surface area (Å²) in [5.41, 5.74) is -2.08. The van der Waals surface area contributed by atoms with Gasteiger partial charge in [0.05, 0.1) is 18.7 Å². The second kappa shape index (κ2) is 5.36. The number of hydrogen-bond donors (Lipinski definition) is 0. The van der Waals surface area contributed by atoms with Crippen molar-refractivity contribution >= 4 is 17.6 Å². The molecule has 0 saturated carbocycles. The molecule has 0 saturated heterocycles. The van der Waals surface area contributed by atoms with E-state index in [-0.39, 0.29) is 10.6 Å². The van der Waals surface area contributed by atoms with Gasteiger partial charge in [-0.3, -0.25) is 0 Å². The van der Waals surface area contributed by atoms with Gasteiger partial charge in [0.25, 0.3) is 0 Å². The Morgan fingerprint density at radius 2 is 2.18 bits per heavy atom. The van der Waals surface area contributed by atoms with Crippen LogP contribution in [0.25, 0.3) is 0 Å². The lowest BCUT2D eigenvalue weighted by Crippen LogP contribution is -2.28. The van der Waals surface area contributed by atoms with Crippen molar-refractivity contribution in [2.75, 3.05) is 13.7 Å². The van der Waals surface area contributed by atoms with Gasteiger partial charge in [-0.2, -0.15) is 0 Å². The third kappa shape index (κ3) is 2.88. The predicted molar refractivity (Wildman–Crippen MR) is 63.1 cm³/mol. The fraction of sp³-hybridized carbons (Fsp3) is 0.417. The first kappa shape index (κ1) is 13.8. The summed E-state index contributed by atoms with van der Waals surface area (Å²) in [5.74, 6) is -0.503. The highest BCUT2D eigenvalue weighted by Gasteiger charge is 2.36. The summed E-state index contributed by atoms with van der Waals surface area (Å²) in [4.78, 5) is 11.3. The van der Waals surface area contributed by atoms with E-state index < -0.39 is 11.6 Å². The number of alkyl halides is 1. The van der Waals surface area contributed by atoms with E-state index in [1.165, 1.54) is 18.2 Å². The molecule has 94 valence electrons. The van der Waals surface area contributed by atoms with Crippen molar-refractivity contribution in [2.24, 2.45) is 0 Å². The zero-order valence-corrected chi connectivity index (χ0v) is 10.7. The molecule has 1 aromatic carbocycles. The summed E-state index contributed by atoms with van der Waals surface area (Å²) in [5, 5.41) is 0.261. The number of esters is 1. The quantitative estimate of drug-likeness (QED) is 0.781. The summed E-state index contributed by atoms with van der Waals surface area (Å²) < 4.78 is 23.8. The van der Waals surface area contributed by atoms with Crippen LogP contribution >= 0.6 is 11.6 Å². The van der Waals surface area contributed by atoms with Gasteiger partial charge >= 0.3 is 5.97 Å². The van der Waals surface area contributed by atoms with E-state index in [0.29, 0.717) is 12.4 Å². The molecule has 1 aromatic rings. The van der Waals surface area contributed by atoms with Crippen LogP contribution in [0.15, 0.2) is 18.2 Å². The Bertz CT molecular complexity index is 418. The van der Waals surface area contributed by atoms with Crippen molar-refractivity contribution < 1.29 is 18.7 Å². The van der Waals surface area contributed by atoms with Crippen molar-refractivity contribution in [3.8, 4) is 5.75 Å². The molecule has 0 aromatic heterocycles. The second-order valence-corrected chi connectivity index (χ2v) is 3.98. The minimum Gasteiger partial charge on any atom is -0.492 e. The number of rotatable bonds is 4. The number of halogens is 2. The summed E-state index contributed by atoms with van der Waals surface area (Å²) in [7, 11) is 1.14. The minimum atomic E-state index is -2.22. The summed E-state index contributed by atoms with van der Waals surface area (Å²) in [6.07, 6.45) is 0. The number of carbonyl (C=O) groups is 1. The Labute approximate surface area is 104 Å². The maximum absolute atomic E-state index is 14.1. The van der Waals surface area contributed by atoms with Crippen LogP contribution in [0, 0.1) is 0 Å². The fourth-order valence-corrected chi connectivity index (χ4v) is 1.61. The fourth-order valence-electron chi connectivity index (χ4n) is 1.37. The van der Waals surface area contributed by atoms with Gasteiger partial charge in [-0.1, -0.05) is 17.7 Å². The lowest BCUT2D eigenvalue weighted by molar-refractivity contribution is -0.154. The van der Waals surface area contributed by atoms with Gasteiger partial charge in [0.1, 0.15) is 5.75 Å². The van der Waals surface area contributed by atoms with E-state index in [0.717, 1.165) is 14.0 Å². The topological polar surface area (TPSA) is 35.5 Å². The average molecular weight is 261 g/mol.